The predicted octanol–water partition coefficient (Wildman–Crippen LogP) is 4.39. The Bertz CT molecular complexity index is 1150. The number of H-pyrrole nitrogens is 1. The number of fused-ring (bicyclic) bond motifs is 1. The summed E-state index contributed by atoms with van der Waals surface area (Å²) in [6.45, 7) is 2.43. The van der Waals surface area contributed by atoms with E-state index >= 15 is 0 Å². The molecular weight excluding hydrogens is 413 g/mol. The molecule has 156 valence electrons. The van der Waals surface area contributed by atoms with Gasteiger partial charge < -0.3 is 11.1 Å². The molecule has 0 fully saturated rings. The van der Waals surface area contributed by atoms with E-state index in [9.17, 15) is 13.2 Å². The van der Waals surface area contributed by atoms with E-state index in [1.807, 2.05) is 19.1 Å². The lowest BCUT2D eigenvalue weighted by molar-refractivity contribution is -0.137. The Labute approximate surface area is 174 Å². The number of hydrogen-bond donors (Lipinski definition) is 3. The molecule has 30 heavy (non-hydrogen) atoms. The number of aryl methyl sites for hydroxylation is 1. The maximum atomic E-state index is 12.6. The number of nitrogens with two attached hydrogens (primary N) is 1. The highest BCUT2D eigenvalue weighted by atomic mass is 32.1. The number of halogens is 3. The highest BCUT2D eigenvalue weighted by Crippen LogP contribution is 2.32. The number of aromatic amines is 1. The van der Waals surface area contributed by atoms with Crippen LogP contribution in [0.4, 0.5) is 18.3 Å². The van der Waals surface area contributed by atoms with Gasteiger partial charge in [0, 0.05) is 23.5 Å². The second-order valence-corrected chi connectivity index (χ2v) is 8.05. The van der Waals surface area contributed by atoms with Crippen molar-refractivity contribution < 1.29 is 13.2 Å². The minimum Gasteiger partial charge on any atom is -0.359 e. The van der Waals surface area contributed by atoms with E-state index in [1.54, 1.807) is 6.20 Å². The molecule has 0 aliphatic carbocycles. The lowest BCUT2D eigenvalue weighted by Crippen LogP contribution is -2.31. The zero-order chi connectivity index (χ0) is 21.3. The molecule has 0 aliphatic rings. The molecule has 0 bridgehead atoms. The first-order chi connectivity index (χ1) is 14.3. The van der Waals surface area contributed by atoms with Crippen molar-refractivity contribution in [3.8, 4) is 10.6 Å². The SMILES string of the molecule is Cc1cc2[nH]ncc2cc1-c1nnc(NCC(N)Cc2ccc(C(F)(F)F)cc2)s1. The smallest absolute Gasteiger partial charge is 0.359 e. The van der Waals surface area contributed by atoms with Gasteiger partial charge in [0.25, 0.3) is 0 Å². The third-order valence-electron chi connectivity index (χ3n) is 4.74. The van der Waals surface area contributed by atoms with Crippen molar-refractivity contribution in [1.82, 2.24) is 20.4 Å². The molecule has 2 aromatic heterocycles. The monoisotopic (exact) mass is 432 g/mol. The Kier molecular flexibility index (Phi) is 5.44. The van der Waals surface area contributed by atoms with Crippen molar-refractivity contribution in [2.45, 2.75) is 25.6 Å². The average Bonchev–Trinajstić information content (AvgIpc) is 3.34. The van der Waals surface area contributed by atoms with Crippen molar-refractivity contribution in [3.63, 3.8) is 0 Å². The molecule has 0 saturated carbocycles. The average molecular weight is 432 g/mol. The number of hydrogen-bond acceptors (Lipinski definition) is 6. The summed E-state index contributed by atoms with van der Waals surface area (Å²) in [5.74, 6) is 0. The molecule has 1 atom stereocenters. The fraction of sp³-hybridized carbons (Fsp3) is 0.250. The van der Waals surface area contributed by atoms with Gasteiger partial charge in [0.2, 0.25) is 5.13 Å². The normalized spacial score (nSPS) is 13.0. The van der Waals surface area contributed by atoms with Crippen LogP contribution < -0.4 is 11.1 Å². The van der Waals surface area contributed by atoms with Crippen LogP contribution in [0.25, 0.3) is 21.5 Å². The van der Waals surface area contributed by atoms with Crippen molar-refractivity contribution >= 4 is 27.4 Å². The van der Waals surface area contributed by atoms with Gasteiger partial charge in [0.1, 0.15) is 5.01 Å². The van der Waals surface area contributed by atoms with Gasteiger partial charge in [0.05, 0.1) is 17.3 Å². The Morgan fingerprint density at radius 1 is 1.17 bits per heavy atom. The Balaban J connectivity index is 1.37. The molecule has 4 rings (SSSR count). The first-order valence-electron chi connectivity index (χ1n) is 9.23. The number of rotatable bonds is 6. The zero-order valence-corrected chi connectivity index (χ0v) is 16.8. The van der Waals surface area contributed by atoms with Crippen LogP contribution in [0.3, 0.4) is 0 Å². The third kappa shape index (κ3) is 4.44. The standard InChI is InChI=1S/C20H19F3N6S/c1-11-6-17-13(9-26-27-17)8-16(11)18-28-29-19(30-18)25-10-15(24)7-12-2-4-14(5-3-12)20(21,22)23/h2-6,8-9,15H,7,10,24H2,1H3,(H,25,29)(H,26,27). The maximum Gasteiger partial charge on any atom is 0.416 e. The van der Waals surface area contributed by atoms with Crippen LogP contribution in [0.2, 0.25) is 0 Å². The van der Waals surface area contributed by atoms with Gasteiger partial charge >= 0.3 is 6.18 Å². The van der Waals surface area contributed by atoms with Crippen LogP contribution >= 0.6 is 11.3 Å². The highest BCUT2D eigenvalue weighted by Gasteiger charge is 2.29. The Morgan fingerprint density at radius 2 is 1.93 bits per heavy atom. The molecule has 0 amide bonds. The summed E-state index contributed by atoms with van der Waals surface area (Å²) in [6, 6.07) is 8.83. The lowest BCUT2D eigenvalue weighted by Gasteiger charge is -2.13. The van der Waals surface area contributed by atoms with Gasteiger partial charge in [-0.05, 0) is 48.7 Å². The summed E-state index contributed by atoms with van der Waals surface area (Å²) in [6.07, 6.45) is -2.12. The number of anilines is 1. The van der Waals surface area contributed by atoms with Gasteiger partial charge in [-0.2, -0.15) is 18.3 Å². The van der Waals surface area contributed by atoms with Crippen LogP contribution in [0.1, 0.15) is 16.7 Å². The van der Waals surface area contributed by atoms with Crippen LogP contribution in [0, 0.1) is 6.92 Å². The molecule has 4 aromatic rings. The molecule has 0 spiro atoms. The van der Waals surface area contributed by atoms with Gasteiger partial charge in [-0.15, -0.1) is 10.2 Å². The van der Waals surface area contributed by atoms with E-state index in [4.69, 9.17) is 5.73 Å². The largest absolute Gasteiger partial charge is 0.416 e. The topological polar surface area (TPSA) is 92.5 Å². The van der Waals surface area contributed by atoms with Gasteiger partial charge in [-0.3, -0.25) is 5.10 Å². The van der Waals surface area contributed by atoms with E-state index < -0.39 is 11.7 Å². The molecule has 0 aliphatic heterocycles. The molecule has 2 aromatic carbocycles. The third-order valence-corrected chi connectivity index (χ3v) is 5.65. The summed E-state index contributed by atoms with van der Waals surface area (Å²) >= 11 is 1.42. The van der Waals surface area contributed by atoms with E-state index in [2.05, 4.69) is 25.7 Å². The Hall–Kier alpha value is -2.98. The maximum absolute atomic E-state index is 12.6. The minimum absolute atomic E-state index is 0.280. The van der Waals surface area contributed by atoms with Gasteiger partial charge in [0.15, 0.2) is 0 Å². The first kappa shape index (κ1) is 20.3. The molecule has 10 heteroatoms. The van der Waals surface area contributed by atoms with Crippen LogP contribution in [0.15, 0.2) is 42.6 Å². The fourth-order valence-corrected chi connectivity index (χ4v) is 3.99. The number of nitrogens with zero attached hydrogens (tertiary/aromatic N) is 3. The van der Waals surface area contributed by atoms with Crippen molar-refractivity contribution in [3.05, 3.63) is 59.3 Å². The van der Waals surface area contributed by atoms with E-state index in [0.29, 0.717) is 18.1 Å². The molecule has 0 saturated heterocycles. The summed E-state index contributed by atoms with van der Waals surface area (Å²) in [7, 11) is 0. The van der Waals surface area contributed by atoms with Crippen LogP contribution in [-0.2, 0) is 12.6 Å². The molecular formula is C20H19F3N6S. The van der Waals surface area contributed by atoms with Gasteiger partial charge in [-0.25, -0.2) is 0 Å². The number of alkyl halides is 3. The second kappa shape index (κ2) is 8.04. The molecule has 1 unspecified atom stereocenters. The molecule has 6 nitrogen and oxygen atoms in total. The Morgan fingerprint density at radius 3 is 2.67 bits per heavy atom. The zero-order valence-electron chi connectivity index (χ0n) is 16.0. The lowest BCUT2D eigenvalue weighted by atomic mass is 10.0. The minimum atomic E-state index is -4.34. The summed E-state index contributed by atoms with van der Waals surface area (Å²) in [5, 5.41) is 21.0. The van der Waals surface area contributed by atoms with Crippen LogP contribution in [-0.4, -0.2) is 33.0 Å². The summed E-state index contributed by atoms with van der Waals surface area (Å²) in [4.78, 5) is 0. The van der Waals surface area contributed by atoms with Crippen LogP contribution in [0.5, 0.6) is 0 Å². The van der Waals surface area contributed by atoms with Crippen molar-refractivity contribution in [1.29, 1.82) is 0 Å². The number of nitrogens with one attached hydrogen (secondary N) is 2. The highest BCUT2D eigenvalue weighted by molar-refractivity contribution is 7.18. The van der Waals surface area contributed by atoms with E-state index in [1.165, 1.54) is 23.5 Å². The van der Waals surface area contributed by atoms with E-state index in [0.717, 1.165) is 44.7 Å². The van der Waals surface area contributed by atoms with Gasteiger partial charge in [-0.1, -0.05) is 23.5 Å². The molecule has 0 radical (unpaired) electrons. The summed E-state index contributed by atoms with van der Waals surface area (Å²) in [5.41, 5.74) is 9.24. The second-order valence-electron chi connectivity index (χ2n) is 7.08. The molecule has 2 heterocycles. The molecule has 4 N–H and O–H groups in total. The fourth-order valence-electron chi connectivity index (χ4n) is 3.16. The first-order valence-corrected chi connectivity index (χ1v) is 10.0. The van der Waals surface area contributed by atoms with Crippen molar-refractivity contribution in [2.75, 3.05) is 11.9 Å². The van der Waals surface area contributed by atoms with Crippen molar-refractivity contribution in [2.24, 2.45) is 5.73 Å². The number of benzene rings is 2. The summed E-state index contributed by atoms with van der Waals surface area (Å²) < 4.78 is 37.9. The van der Waals surface area contributed by atoms with E-state index in [-0.39, 0.29) is 6.04 Å². The number of aromatic nitrogens is 4. The quantitative estimate of drug-likeness (QED) is 0.420. The predicted molar refractivity (Wildman–Crippen MR) is 111 cm³/mol.